The largest absolute Gasteiger partial charge is 0.381 e. The summed E-state index contributed by atoms with van der Waals surface area (Å²) in [5.74, 6) is -0.0335. The maximum atomic E-state index is 13.2. The van der Waals surface area contributed by atoms with Crippen molar-refractivity contribution < 1.29 is 9.53 Å². The van der Waals surface area contributed by atoms with Gasteiger partial charge in [0.15, 0.2) is 5.69 Å². The highest BCUT2D eigenvalue weighted by atomic mass is 16.5. The molecule has 128 valence electrons. The number of carbonyl (C=O) groups is 1. The third-order valence-electron chi connectivity index (χ3n) is 4.88. The Kier molecular flexibility index (Phi) is 4.71. The quantitative estimate of drug-likeness (QED) is 0.870. The van der Waals surface area contributed by atoms with Gasteiger partial charge >= 0.3 is 0 Å². The second-order valence-corrected chi connectivity index (χ2v) is 6.58. The average Bonchev–Trinajstić information content (AvgIpc) is 2.91. The second-order valence-electron chi connectivity index (χ2n) is 6.58. The van der Waals surface area contributed by atoms with Crippen LogP contribution in [-0.4, -0.2) is 34.9 Å². The smallest absolute Gasteiger partial charge is 0.279 e. The van der Waals surface area contributed by atoms with E-state index in [9.17, 15) is 4.79 Å². The lowest BCUT2D eigenvalue weighted by Crippen LogP contribution is -2.44. The lowest BCUT2D eigenvalue weighted by Gasteiger charge is -2.34. The number of hydrogen-bond donors (Lipinski definition) is 0. The fraction of sp³-hybridized carbons (Fsp3) is 0.474. The number of aromatic nitrogens is 2. The molecular formula is C19H25N3O2. The maximum Gasteiger partial charge on any atom is 0.279 e. The molecule has 0 aliphatic carbocycles. The molecule has 1 fully saturated rings. The van der Waals surface area contributed by atoms with Gasteiger partial charge in [0.25, 0.3) is 5.91 Å². The Morgan fingerprint density at radius 3 is 2.46 bits per heavy atom. The van der Waals surface area contributed by atoms with Crippen LogP contribution in [0.4, 0.5) is 5.69 Å². The predicted octanol–water partition coefficient (Wildman–Crippen LogP) is 3.17. The van der Waals surface area contributed by atoms with Crippen LogP contribution in [0.15, 0.2) is 24.3 Å². The molecule has 5 nitrogen and oxygen atoms in total. The first-order valence-electron chi connectivity index (χ1n) is 8.46. The summed E-state index contributed by atoms with van der Waals surface area (Å²) < 4.78 is 7.23. The van der Waals surface area contributed by atoms with Crippen molar-refractivity contribution in [3.63, 3.8) is 0 Å². The summed E-state index contributed by atoms with van der Waals surface area (Å²) in [7, 11) is 1.86. The lowest BCUT2D eigenvalue weighted by atomic mass is 10.0. The van der Waals surface area contributed by atoms with Gasteiger partial charge in [-0.3, -0.25) is 9.48 Å². The summed E-state index contributed by atoms with van der Waals surface area (Å²) in [5.41, 5.74) is 4.84. The minimum absolute atomic E-state index is 0.0335. The fourth-order valence-corrected chi connectivity index (χ4v) is 3.10. The molecule has 0 saturated carbocycles. The van der Waals surface area contributed by atoms with Crippen LogP contribution in [0.25, 0.3) is 0 Å². The number of amides is 1. The SMILES string of the molecule is Cc1ccc(N(C(=O)c2cc(C)n(C)n2)C2CCOCC2)cc1C. The Balaban J connectivity index is 2.00. The van der Waals surface area contributed by atoms with E-state index in [2.05, 4.69) is 31.1 Å². The molecule has 3 rings (SSSR count). The predicted molar refractivity (Wildman–Crippen MR) is 94.5 cm³/mol. The Bertz CT molecular complexity index is 726. The van der Waals surface area contributed by atoms with Crippen LogP contribution in [0.2, 0.25) is 0 Å². The van der Waals surface area contributed by atoms with Gasteiger partial charge in [-0.1, -0.05) is 6.07 Å². The molecule has 0 bridgehead atoms. The Hall–Kier alpha value is -2.14. The summed E-state index contributed by atoms with van der Waals surface area (Å²) >= 11 is 0. The summed E-state index contributed by atoms with van der Waals surface area (Å²) in [6, 6.07) is 8.21. The molecule has 0 unspecified atom stereocenters. The van der Waals surface area contributed by atoms with Gasteiger partial charge in [0.1, 0.15) is 0 Å². The van der Waals surface area contributed by atoms with E-state index in [-0.39, 0.29) is 11.9 Å². The van der Waals surface area contributed by atoms with Gasteiger partial charge in [-0.05, 0) is 62.9 Å². The molecule has 1 aromatic heterocycles. The van der Waals surface area contributed by atoms with Crippen molar-refractivity contribution in [3.8, 4) is 0 Å². The molecule has 1 aliphatic rings. The Morgan fingerprint density at radius 1 is 1.17 bits per heavy atom. The highest BCUT2D eigenvalue weighted by Crippen LogP contribution is 2.27. The summed E-state index contributed by atoms with van der Waals surface area (Å²) in [5, 5.41) is 4.39. The van der Waals surface area contributed by atoms with Gasteiger partial charge in [0.2, 0.25) is 0 Å². The summed E-state index contributed by atoms with van der Waals surface area (Å²) in [6.45, 7) is 7.51. The van der Waals surface area contributed by atoms with Crippen molar-refractivity contribution in [2.45, 2.75) is 39.7 Å². The molecule has 1 aliphatic heterocycles. The third kappa shape index (κ3) is 3.22. The van der Waals surface area contributed by atoms with Gasteiger partial charge in [0.05, 0.1) is 0 Å². The lowest BCUT2D eigenvalue weighted by molar-refractivity contribution is 0.0770. The van der Waals surface area contributed by atoms with E-state index >= 15 is 0 Å². The molecule has 1 saturated heterocycles. The zero-order valence-corrected chi connectivity index (χ0v) is 14.9. The van der Waals surface area contributed by atoms with Crippen LogP contribution in [0.5, 0.6) is 0 Å². The van der Waals surface area contributed by atoms with Crippen LogP contribution in [0.1, 0.15) is 40.2 Å². The van der Waals surface area contributed by atoms with Crippen LogP contribution >= 0.6 is 0 Å². The summed E-state index contributed by atoms with van der Waals surface area (Å²) in [4.78, 5) is 15.1. The van der Waals surface area contributed by atoms with Crippen LogP contribution in [-0.2, 0) is 11.8 Å². The van der Waals surface area contributed by atoms with Gasteiger partial charge in [-0.2, -0.15) is 5.10 Å². The number of benzene rings is 1. The highest BCUT2D eigenvalue weighted by molar-refractivity contribution is 6.05. The van der Waals surface area contributed by atoms with Crippen molar-refractivity contribution >= 4 is 11.6 Å². The average molecular weight is 327 g/mol. The van der Waals surface area contributed by atoms with Crippen LogP contribution in [0, 0.1) is 20.8 Å². The highest BCUT2D eigenvalue weighted by Gasteiger charge is 2.29. The minimum atomic E-state index is -0.0335. The molecule has 24 heavy (non-hydrogen) atoms. The molecule has 0 atom stereocenters. The van der Waals surface area contributed by atoms with E-state index in [4.69, 9.17) is 4.74 Å². The monoisotopic (exact) mass is 327 g/mol. The van der Waals surface area contributed by atoms with Crippen molar-refractivity contribution in [3.05, 3.63) is 46.8 Å². The van der Waals surface area contributed by atoms with E-state index in [0.29, 0.717) is 18.9 Å². The molecule has 0 radical (unpaired) electrons. The van der Waals surface area contributed by atoms with E-state index in [1.54, 1.807) is 4.68 Å². The van der Waals surface area contributed by atoms with E-state index < -0.39 is 0 Å². The molecule has 1 aromatic carbocycles. The number of carbonyl (C=O) groups excluding carboxylic acids is 1. The summed E-state index contributed by atoms with van der Waals surface area (Å²) in [6.07, 6.45) is 1.70. The number of aryl methyl sites for hydroxylation is 4. The van der Waals surface area contributed by atoms with E-state index in [1.165, 1.54) is 11.1 Å². The Labute approximate surface area is 143 Å². The molecule has 1 amide bonds. The fourth-order valence-electron chi connectivity index (χ4n) is 3.10. The van der Waals surface area contributed by atoms with E-state index in [0.717, 1.165) is 24.2 Å². The number of rotatable bonds is 3. The molecule has 2 aromatic rings. The van der Waals surface area contributed by atoms with Crippen LogP contribution in [0.3, 0.4) is 0 Å². The zero-order valence-electron chi connectivity index (χ0n) is 14.9. The van der Waals surface area contributed by atoms with Gasteiger partial charge in [-0.15, -0.1) is 0 Å². The van der Waals surface area contributed by atoms with Crippen molar-refractivity contribution in [2.24, 2.45) is 7.05 Å². The first-order chi connectivity index (χ1) is 11.5. The Morgan fingerprint density at radius 2 is 1.88 bits per heavy atom. The van der Waals surface area contributed by atoms with Gasteiger partial charge < -0.3 is 9.64 Å². The molecule has 0 spiro atoms. The topological polar surface area (TPSA) is 47.4 Å². The standard InChI is InChI=1S/C19H25N3O2/c1-13-5-6-17(11-14(13)2)22(16-7-9-24-10-8-16)19(23)18-12-15(3)21(4)20-18/h5-6,11-12,16H,7-10H2,1-4H3. The van der Waals surface area contributed by atoms with E-state index in [1.807, 2.05) is 31.0 Å². The first-order valence-corrected chi connectivity index (χ1v) is 8.46. The van der Waals surface area contributed by atoms with Crippen LogP contribution < -0.4 is 4.90 Å². The second kappa shape index (κ2) is 6.77. The maximum absolute atomic E-state index is 13.2. The van der Waals surface area contributed by atoms with Gasteiger partial charge in [-0.25, -0.2) is 0 Å². The molecule has 2 heterocycles. The number of anilines is 1. The first kappa shape index (κ1) is 16.7. The van der Waals surface area contributed by atoms with Crippen molar-refractivity contribution in [1.82, 2.24) is 9.78 Å². The third-order valence-corrected chi connectivity index (χ3v) is 4.88. The molecular weight excluding hydrogens is 302 g/mol. The van der Waals surface area contributed by atoms with Crippen molar-refractivity contribution in [1.29, 1.82) is 0 Å². The van der Waals surface area contributed by atoms with Crippen molar-refractivity contribution in [2.75, 3.05) is 18.1 Å². The molecule has 0 N–H and O–H groups in total. The van der Waals surface area contributed by atoms with Gasteiger partial charge in [0, 0.05) is 37.7 Å². The number of hydrogen-bond acceptors (Lipinski definition) is 3. The number of ether oxygens (including phenoxy) is 1. The molecule has 5 heteroatoms. The minimum Gasteiger partial charge on any atom is -0.381 e. The zero-order chi connectivity index (χ0) is 17.3. The normalized spacial score (nSPS) is 15.5. The number of nitrogens with zero attached hydrogens (tertiary/aromatic N) is 3.